The molecule has 0 saturated heterocycles. The molecule has 0 saturated carbocycles. The van der Waals surface area contributed by atoms with Crippen LogP contribution in [0.5, 0.6) is 0 Å². The molecule has 0 aliphatic heterocycles. The molecule has 15 nitrogen and oxygen atoms in total. The molecule has 0 radical (unpaired) electrons. The third-order valence-electron chi connectivity index (χ3n) is 3.78. The minimum Gasteiger partial charge on any atom is -0.462 e. The van der Waals surface area contributed by atoms with Crippen molar-refractivity contribution in [2.45, 2.75) is 6.10 Å². The third-order valence-corrected chi connectivity index (χ3v) is 3.78. The second-order valence-corrected chi connectivity index (χ2v) is 6.12. The van der Waals surface area contributed by atoms with Crippen LogP contribution >= 0.6 is 0 Å². The summed E-state index contributed by atoms with van der Waals surface area (Å²) in [5, 5.41) is 22.5. The van der Waals surface area contributed by atoms with Crippen LogP contribution in [0.2, 0.25) is 0 Å². The highest BCUT2D eigenvalue weighted by atomic mass is 16.5. The fourth-order valence-electron chi connectivity index (χ4n) is 2.08. The van der Waals surface area contributed by atoms with E-state index in [1.165, 1.54) is 0 Å². The summed E-state index contributed by atoms with van der Waals surface area (Å²) in [7, 11) is 2.11. The number of rotatable bonds is 13. The lowest BCUT2D eigenvalue weighted by Crippen LogP contribution is -2.47. The molecule has 4 amide bonds. The van der Waals surface area contributed by atoms with Crippen molar-refractivity contribution in [3.05, 3.63) is 0 Å². The van der Waals surface area contributed by atoms with Gasteiger partial charge in [-0.3, -0.25) is 24.1 Å². The zero-order valence-corrected chi connectivity index (χ0v) is 17.8. The van der Waals surface area contributed by atoms with Gasteiger partial charge in [-0.05, 0) is 0 Å². The normalized spacial score (nSPS) is 11.6. The number of nitrogens with one attached hydrogen (secondary N) is 4. The topological polar surface area (TPSA) is 213 Å². The predicted octanol–water partition coefficient (Wildman–Crippen LogP) is -5.55. The van der Waals surface area contributed by atoms with Crippen LogP contribution in [0.15, 0.2) is 0 Å². The smallest absolute Gasteiger partial charge is 0.396 e. The zero-order valence-electron chi connectivity index (χ0n) is 18.8. The number of amides is 4. The van der Waals surface area contributed by atoms with Crippen LogP contribution in [0.3, 0.4) is 0 Å². The van der Waals surface area contributed by atoms with Crippen LogP contribution in [0, 0.1) is 0 Å². The van der Waals surface area contributed by atoms with Gasteiger partial charge in [-0.2, -0.15) is 0 Å². The van der Waals surface area contributed by atoms with Crippen LogP contribution in [-0.4, -0.2) is 125 Å². The van der Waals surface area contributed by atoms with Gasteiger partial charge in [-0.1, -0.05) is 0 Å². The Hall–Kier alpha value is -3.30. The van der Waals surface area contributed by atoms with Gasteiger partial charge in [-0.15, -0.1) is 0 Å². The molecule has 0 aliphatic rings. The highest BCUT2D eigenvalue weighted by Gasteiger charge is 2.17. The molecule has 0 bridgehead atoms. The summed E-state index contributed by atoms with van der Waals surface area (Å²) in [5.41, 5.74) is 0. The van der Waals surface area contributed by atoms with E-state index in [0.717, 1.165) is 14.2 Å². The summed E-state index contributed by atoms with van der Waals surface area (Å²) < 4.78 is 15.1. The van der Waals surface area contributed by atoms with Crippen molar-refractivity contribution in [1.82, 2.24) is 26.2 Å². The second-order valence-electron chi connectivity index (χ2n) is 6.12. The summed E-state index contributed by atoms with van der Waals surface area (Å²) in [6, 6.07) is 0. The molecule has 182 valence electrons. The fraction of sp³-hybridized carbons (Fsp3) is 0.647. The van der Waals surface area contributed by atoms with Crippen molar-refractivity contribution in [2.24, 2.45) is 0 Å². The summed E-state index contributed by atoms with van der Waals surface area (Å²) in [6.07, 6.45) is -1.14. The SMILES string of the molecule is [3H]OCC(O)CNC(=O)C(=O)NCCN(CCNC(=O)C(=O)OC)CCNC(=O)C(=O)OC. The first-order chi connectivity index (χ1) is 15.7. The van der Waals surface area contributed by atoms with E-state index in [2.05, 4.69) is 35.8 Å². The van der Waals surface area contributed by atoms with Gasteiger partial charge in [0.2, 0.25) is 1.43 Å². The Morgan fingerprint density at radius 2 is 1.19 bits per heavy atom. The Morgan fingerprint density at radius 3 is 1.59 bits per heavy atom. The van der Waals surface area contributed by atoms with E-state index in [-0.39, 0.29) is 52.4 Å². The fourth-order valence-corrected chi connectivity index (χ4v) is 2.08. The van der Waals surface area contributed by atoms with E-state index in [1.54, 1.807) is 4.90 Å². The molecule has 0 rings (SSSR count). The molecule has 0 aliphatic carbocycles. The lowest BCUT2D eigenvalue weighted by molar-refractivity contribution is -0.152. The first-order valence-electron chi connectivity index (χ1n) is 9.83. The number of nitrogens with zero attached hydrogens (tertiary/aromatic N) is 1. The quantitative estimate of drug-likeness (QED) is 0.111. The number of ether oxygens (including phenoxy) is 2. The highest BCUT2D eigenvalue weighted by molar-refractivity contribution is 6.35. The number of hydrogen-bond donors (Lipinski definition) is 6. The molecule has 1 unspecified atom stereocenters. The van der Waals surface area contributed by atoms with Crippen molar-refractivity contribution >= 4 is 35.6 Å². The zero-order chi connectivity index (χ0) is 25.2. The van der Waals surface area contributed by atoms with E-state index in [9.17, 15) is 33.9 Å². The van der Waals surface area contributed by atoms with Crippen molar-refractivity contribution in [1.29, 1.82) is 1.43 Å². The molecular formula is C17H29N5O10. The molecule has 0 aromatic rings. The average molecular weight is 465 g/mol. The minimum atomic E-state index is -1.14. The summed E-state index contributed by atoms with van der Waals surface area (Å²) in [4.78, 5) is 70.3. The van der Waals surface area contributed by atoms with Crippen molar-refractivity contribution in [3.8, 4) is 0 Å². The standard InChI is InChI=1S/C17H29N5O10/c1-31-16(29)14(27)19-4-7-22(8-5-20-15(28)17(30)32-2)6-3-18-12(25)13(26)21-9-11(24)10-23/h11,23-24H,3-10H2,1-2H3,(H,18,25)(H,19,27)(H,20,28)(H,21,26)/i23T. The number of esters is 2. The monoisotopic (exact) mass is 465 g/mol. The molecule has 0 heterocycles. The number of carbonyl (C=O) groups excluding carboxylic acids is 6. The van der Waals surface area contributed by atoms with E-state index in [1.807, 2.05) is 0 Å². The Kier molecular flexibility index (Phi) is 13.7. The van der Waals surface area contributed by atoms with E-state index in [4.69, 9.17) is 1.43 Å². The maximum Gasteiger partial charge on any atom is 0.396 e. The Morgan fingerprint density at radius 1 is 0.781 bits per heavy atom. The molecule has 0 spiro atoms. The van der Waals surface area contributed by atoms with Crippen LogP contribution in [0.25, 0.3) is 0 Å². The van der Waals surface area contributed by atoms with Gasteiger partial charge in [0.05, 0.1) is 26.9 Å². The van der Waals surface area contributed by atoms with E-state index < -0.39 is 41.7 Å². The Labute approximate surface area is 185 Å². The summed E-state index contributed by atoms with van der Waals surface area (Å²) >= 11 is 0. The highest BCUT2D eigenvalue weighted by Crippen LogP contribution is 1.88. The Bertz CT molecular complexity index is 659. The molecule has 6 N–H and O–H groups in total. The lowest BCUT2D eigenvalue weighted by atomic mass is 10.3. The third kappa shape index (κ3) is 12.4. The second kappa shape index (κ2) is 16.4. The molecule has 1 atom stereocenters. The Balaban J connectivity index is 4.58. The first-order valence-corrected chi connectivity index (χ1v) is 9.43. The van der Waals surface area contributed by atoms with Gasteiger partial charge in [0, 0.05) is 45.8 Å². The molecule has 15 heteroatoms. The van der Waals surface area contributed by atoms with Gasteiger partial charge in [-0.25, -0.2) is 9.59 Å². The molecule has 0 aromatic heterocycles. The van der Waals surface area contributed by atoms with Crippen LogP contribution in [-0.2, 0) is 38.2 Å². The van der Waals surface area contributed by atoms with E-state index >= 15 is 0 Å². The molecule has 0 aromatic carbocycles. The lowest BCUT2D eigenvalue weighted by Gasteiger charge is -2.22. The summed E-state index contributed by atoms with van der Waals surface area (Å²) in [5.74, 6) is -5.99. The van der Waals surface area contributed by atoms with Gasteiger partial charge < -0.3 is 41.0 Å². The van der Waals surface area contributed by atoms with Crippen molar-refractivity contribution < 1.29 is 48.5 Å². The molecule has 32 heavy (non-hydrogen) atoms. The molecule has 0 fully saturated rings. The van der Waals surface area contributed by atoms with Crippen molar-refractivity contribution in [2.75, 3.05) is 66.6 Å². The van der Waals surface area contributed by atoms with E-state index in [0.29, 0.717) is 0 Å². The van der Waals surface area contributed by atoms with Crippen molar-refractivity contribution in [3.63, 3.8) is 0 Å². The van der Waals surface area contributed by atoms with Crippen LogP contribution in [0.1, 0.15) is 0 Å². The van der Waals surface area contributed by atoms with Crippen LogP contribution < -0.4 is 21.3 Å². The maximum absolute atomic E-state index is 11.8. The number of aliphatic hydroxyl groups is 2. The van der Waals surface area contributed by atoms with Crippen LogP contribution in [0.4, 0.5) is 0 Å². The number of aliphatic hydroxyl groups excluding tert-OH is 2. The van der Waals surface area contributed by atoms with Gasteiger partial charge in [0.25, 0.3) is 0 Å². The molecular weight excluding hydrogens is 434 g/mol. The minimum absolute atomic E-state index is 0.000530. The number of carbonyl (C=O) groups is 6. The van der Waals surface area contributed by atoms with Gasteiger partial charge in [0.1, 0.15) is 0 Å². The van der Waals surface area contributed by atoms with Gasteiger partial charge in [0.15, 0.2) is 0 Å². The first kappa shape index (κ1) is 26.7. The maximum atomic E-state index is 11.8. The largest absolute Gasteiger partial charge is 0.462 e. The average Bonchev–Trinajstić information content (AvgIpc) is 2.80. The number of hydrogen-bond acceptors (Lipinski definition) is 11. The summed E-state index contributed by atoms with van der Waals surface area (Å²) in [6.45, 7) is 0.00690. The predicted molar refractivity (Wildman–Crippen MR) is 106 cm³/mol. The number of methoxy groups -OCH3 is 2. The van der Waals surface area contributed by atoms with Gasteiger partial charge >= 0.3 is 35.6 Å².